The molecule has 5 nitrogen and oxygen atoms in total. The summed E-state index contributed by atoms with van der Waals surface area (Å²) in [5, 5.41) is 3.35. The highest BCUT2D eigenvalue weighted by Gasteiger charge is 2.13. The fourth-order valence-corrected chi connectivity index (χ4v) is 2.27. The first-order valence-electron chi connectivity index (χ1n) is 6.55. The Balaban J connectivity index is 1.96. The lowest BCUT2D eigenvalue weighted by Crippen LogP contribution is -2.44. The van der Waals surface area contributed by atoms with Crippen molar-refractivity contribution < 1.29 is 0 Å². The molecular formula is C14H17N5. The van der Waals surface area contributed by atoms with Crippen molar-refractivity contribution in [2.45, 2.75) is 6.92 Å². The molecule has 1 N–H and O–H groups in total. The van der Waals surface area contributed by atoms with Crippen LogP contribution in [0.1, 0.15) is 5.82 Å². The number of aromatic nitrogens is 3. The Hall–Kier alpha value is -2.01. The van der Waals surface area contributed by atoms with E-state index in [1.807, 2.05) is 25.3 Å². The van der Waals surface area contributed by atoms with Crippen molar-refractivity contribution in [2.75, 3.05) is 31.1 Å². The number of nitrogens with one attached hydrogen (secondary N) is 1. The molecule has 0 radical (unpaired) electrons. The minimum atomic E-state index is 0.801. The molecule has 0 amide bonds. The smallest absolute Gasteiger partial charge is 0.132 e. The van der Waals surface area contributed by atoms with Crippen molar-refractivity contribution in [1.29, 1.82) is 0 Å². The van der Waals surface area contributed by atoms with Crippen molar-refractivity contribution in [3.05, 3.63) is 36.4 Å². The number of hydrogen-bond acceptors (Lipinski definition) is 5. The van der Waals surface area contributed by atoms with Gasteiger partial charge in [0.25, 0.3) is 0 Å². The summed E-state index contributed by atoms with van der Waals surface area (Å²) in [5.41, 5.74) is 1.97. The van der Waals surface area contributed by atoms with Crippen LogP contribution in [0.15, 0.2) is 30.6 Å². The quantitative estimate of drug-likeness (QED) is 0.875. The van der Waals surface area contributed by atoms with Crippen LogP contribution in [0, 0.1) is 6.92 Å². The molecule has 5 heteroatoms. The van der Waals surface area contributed by atoms with E-state index >= 15 is 0 Å². The van der Waals surface area contributed by atoms with Gasteiger partial charge in [0.15, 0.2) is 0 Å². The molecule has 0 unspecified atom stereocenters. The van der Waals surface area contributed by atoms with Gasteiger partial charge in [-0.25, -0.2) is 9.97 Å². The number of rotatable bonds is 2. The maximum absolute atomic E-state index is 4.55. The predicted octanol–water partition coefficient (Wildman–Crippen LogP) is 1.26. The highest BCUT2D eigenvalue weighted by Crippen LogP contribution is 2.21. The monoisotopic (exact) mass is 255 g/mol. The van der Waals surface area contributed by atoms with Crippen LogP contribution in [0.3, 0.4) is 0 Å². The van der Waals surface area contributed by atoms with Crippen LogP contribution in [0.2, 0.25) is 0 Å². The Bertz CT molecular complexity index is 549. The molecule has 3 rings (SSSR count). The summed E-state index contributed by atoms with van der Waals surface area (Å²) in [7, 11) is 0. The molecule has 0 bridgehead atoms. The van der Waals surface area contributed by atoms with Gasteiger partial charge in [0, 0.05) is 50.2 Å². The highest BCUT2D eigenvalue weighted by atomic mass is 15.2. The second kappa shape index (κ2) is 5.32. The van der Waals surface area contributed by atoms with Crippen LogP contribution < -0.4 is 10.2 Å². The summed E-state index contributed by atoms with van der Waals surface area (Å²) in [6.07, 6.45) is 3.61. The lowest BCUT2D eigenvalue weighted by Gasteiger charge is -2.28. The molecule has 0 aromatic carbocycles. The van der Waals surface area contributed by atoms with E-state index < -0.39 is 0 Å². The first-order valence-corrected chi connectivity index (χ1v) is 6.55. The molecule has 1 aliphatic heterocycles. The Morgan fingerprint density at radius 1 is 1.21 bits per heavy atom. The summed E-state index contributed by atoms with van der Waals surface area (Å²) in [6.45, 7) is 5.92. The average Bonchev–Trinajstić information content (AvgIpc) is 2.48. The molecular weight excluding hydrogens is 238 g/mol. The van der Waals surface area contributed by atoms with Crippen molar-refractivity contribution in [2.24, 2.45) is 0 Å². The normalized spacial score (nSPS) is 15.5. The zero-order valence-corrected chi connectivity index (χ0v) is 11.0. The Kier molecular flexibility index (Phi) is 3.37. The van der Waals surface area contributed by atoms with E-state index in [1.165, 1.54) is 0 Å². The van der Waals surface area contributed by atoms with Crippen LogP contribution in [0.5, 0.6) is 0 Å². The van der Waals surface area contributed by atoms with Crippen molar-refractivity contribution in [3.8, 4) is 11.3 Å². The molecule has 1 saturated heterocycles. The number of pyridine rings is 1. The van der Waals surface area contributed by atoms with Crippen LogP contribution in [-0.4, -0.2) is 41.1 Å². The van der Waals surface area contributed by atoms with Crippen molar-refractivity contribution in [1.82, 2.24) is 20.3 Å². The van der Waals surface area contributed by atoms with Gasteiger partial charge in [-0.2, -0.15) is 0 Å². The fourth-order valence-electron chi connectivity index (χ4n) is 2.27. The predicted molar refractivity (Wildman–Crippen MR) is 75.1 cm³/mol. The van der Waals surface area contributed by atoms with Crippen LogP contribution in [-0.2, 0) is 0 Å². The molecule has 0 spiro atoms. The first kappa shape index (κ1) is 12.0. The first-order chi connectivity index (χ1) is 9.33. The van der Waals surface area contributed by atoms with Gasteiger partial charge in [-0.1, -0.05) is 0 Å². The van der Waals surface area contributed by atoms with Crippen LogP contribution in [0.4, 0.5) is 5.82 Å². The molecule has 1 aliphatic rings. The molecule has 0 aliphatic carbocycles. The maximum atomic E-state index is 4.55. The second-order valence-electron chi connectivity index (χ2n) is 4.64. The van der Waals surface area contributed by atoms with E-state index in [0.717, 1.165) is 49.1 Å². The second-order valence-corrected chi connectivity index (χ2v) is 4.64. The van der Waals surface area contributed by atoms with Gasteiger partial charge in [0.05, 0.1) is 5.69 Å². The van der Waals surface area contributed by atoms with E-state index in [2.05, 4.69) is 31.2 Å². The molecule has 98 valence electrons. The molecule has 0 atom stereocenters. The van der Waals surface area contributed by atoms with Gasteiger partial charge in [-0.15, -0.1) is 0 Å². The summed E-state index contributed by atoms with van der Waals surface area (Å²) < 4.78 is 0. The van der Waals surface area contributed by atoms with E-state index in [4.69, 9.17) is 0 Å². The Morgan fingerprint density at radius 3 is 2.79 bits per heavy atom. The number of nitrogens with zero attached hydrogens (tertiary/aromatic N) is 4. The minimum Gasteiger partial charge on any atom is -0.354 e. The molecule has 1 fully saturated rings. The molecule has 3 heterocycles. The maximum Gasteiger partial charge on any atom is 0.132 e. The molecule has 0 saturated carbocycles. The van der Waals surface area contributed by atoms with Gasteiger partial charge in [0.2, 0.25) is 0 Å². The zero-order valence-electron chi connectivity index (χ0n) is 11.0. The van der Waals surface area contributed by atoms with Gasteiger partial charge < -0.3 is 10.2 Å². The topological polar surface area (TPSA) is 53.9 Å². The fraction of sp³-hybridized carbons (Fsp3) is 0.357. The summed E-state index contributed by atoms with van der Waals surface area (Å²) in [6, 6.07) is 6.00. The van der Waals surface area contributed by atoms with Gasteiger partial charge >= 0.3 is 0 Å². The third-order valence-electron chi connectivity index (χ3n) is 3.22. The number of anilines is 1. The van der Waals surface area contributed by atoms with E-state index in [9.17, 15) is 0 Å². The lowest BCUT2D eigenvalue weighted by atomic mass is 10.2. The van der Waals surface area contributed by atoms with Crippen molar-refractivity contribution in [3.63, 3.8) is 0 Å². The van der Waals surface area contributed by atoms with E-state index in [1.54, 1.807) is 6.20 Å². The molecule has 2 aromatic heterocycles. The number of hydrogen-bond donors (Lipinski definition) is 1. The van der Waals surface area contributed by atoms with Gasteiger partial charge in [0.1, 0.15) is 11.6 Å². The number of piperazine rings is 1. The largest absolute Gasteiger partial charge is 0.354 e. The Labute approximate surface area is 112 Å². The van der Waals surface area contributed by atoms with Crippen LogP contribution >= 0.6 is 0 Å². The SMILES string of the molecule is Cc1nc(-c2cccnc2)cc(N2CCNCC2)n1. The lowest BCUT2D eigenvalue weighted by molar-refractivity contribution is 0.584. The van der Waals surface area contributed by atoms with Crippen molar-refractivity contribution >= 4 is 5.82 Å². The molecule has 2 aromatic rings. The Morgan fingerprint density at radius 2 is 2.05 bits per heavy atom. The standard InChI is InChI=1S/C14H17N5/c1-11-17-13(12-3-2-4-16-10-12)9-14(18-11)19-7-5-15-6-8-19/h2-4,9-10,15H,5-8H2,1H3. The van der Waals surface area contributed by atoms with Gasteiger partial charge in [-0.05, 0) is 19.1 Å². The zero-order chi connectivity index (χ0) is 13.1. The summed E-state index contributed by atoms with van der Waals surface area (Å²) in [4.78, 5) is 15.5. The highest BCUT2D eigenvalue weighted by molar-refractivity contribution is 5.62. The minimum absolute atomic E-state index is 0.801. The van der Waals surface area contributed by atoms with E-state index in [0.29, 0.717) is 0 Å². The van der Waals surface area contributed by atoms with E-state index in [-0.39, 0.29) is 0 Å². The van der Waals surface area contributed by atoms with Gasteiger partial charge in [-0.3, -0.25) is 4.98 Å². The summed E-state index contributed by atoms with van der Waals surface area (Å²) >= 11 is 0. The number of aryl methyl sites for hydroxylation is 1. The average molecular weight is 255 g/mol. The molecule has 19 heavy (non-hydrogen) atoms. The third-order valence-corrected chi connectivity index (χ3v) is 3.22. The third kappa shape index (κ3) is 2.71. The van der Waals surface area contributed by atoms with Crippen LogP contribution in [0.25, 0.3) is 11.3 Å². The summed E-state index contributed by atoms with van der Waals surface area (Å²) in [5.74, 6) is 1.81.